The zero-order valence-corrected chi connectivity index (χ0v) is 12.7. The largest absolute Gasteiger partial charge is 0.506 e. The topological polar surface area (TPSA) is 58.0 Å². The number of halogens is 1. The molecule has 0 aliphatic carbocycles. The molecule has 2 N–H and O–H groups in total. The van der Waals surface area contributed by atoms with E-state index < -0.39 is 0 Å². The molecule has 1 heterocycles. The van der Waals surface area contributed by atoms with E-state index >= 15 is 0 Å². The van der Waals surface area contributed by atoms with E-state index in [4.69, 9.17) is 11.6 Å². The smallest absolute Gasteiger partial charge is 0.141 e. The van der Waals surface area contributed by atoms with Crippen LogP contribution in [0.25, 0.3) is 22.1 Å². The van der Waals surface area contributed by atoms with Crippen LogP contribution in [-0.4, -0.2) is 15.1 Å². The molecule has 0 fully saturated rings. The van der Waals surface area contributed by atoms with Crippen LogP contribution in [0.1, 0.15) is 0 Å². The Kier molecular flexibility index (Phi) is 3.24. The molecule has 4 aromatic rings. The van der Waals surface area contributed by atoms with Gasteiger partial charge < -0.3 is 10.4 Å². The van der Waals surface area contributed by atoms with Crippen molar-refractivity contribution in [3.05, 3.63) is 65.7 Å². The molecule has 0 amide bonds. The Morgan fingerprint density at radius 1 is 0.739 bits per heavy atom. The van der Waals surface area contributed by atoms with Gasteiger partial charge in [-0.05, 0) is 30.3 Å². The Morgan fingerprint density at radius 2 is 1.35 bits per heavy atom. The van der Waals surface area contributed by atoms with Gasteiger partial charge in [0.15, 0.2) is 0 Å². The minimum Gasteiger partial charge on any atom is -0.506 e. The van der Waals surface area contributed by atoms with Crippen LogP contribution in [-0.2, 0) is 0 Å². The summed E-state index contributed by atoms with van der Waals surface area (Å²) in [4.78, 5) is 9.12. The number of hydrogen-bond donors (Lipinski definition) is 2. The monoisotopic (exact) mass is 321 g/mol. The van der Waals surface area contributed by atoms with E-state index in [0.717, 1.165) is 16.7 Å². The first-order valence-electron chi connectivity index (χ1n) is 7.12. The summed E-state index contributed by atoms with van der Waals surface area (Å²) >= 11 is 6.15. The highest BCUT2D eigenvalue weighted by atomic mass is 35.5. The third kappa shape index (κ3) is 2.53. The lowest BCUT2D eigenvalue weighted by atomic mass is 10.2. The number of aromatic nitrogens is 2. The standard InChI is InChI=1S/C18H12ClN3O/c19-11-5-1-2-6-12(11)20-17-9-15-16(10-18(17)23)22-14-8-4-3-7-13(14)21-15/h1-10,20,23H. The van der Waals surface area contributed by atoms with Crippen LogP contribution in [0.2, 0.25) is 5.02 Å². The quantitative estimate of drug-likeness (QED) is 0.408. The van der Waals surface area contributed by atoms with E-state index in [1.54, 1.807) is 18.2 Å². The summed E-state index contributed by atoms with van der Waals surface area (Å²) in [6.45, 7) is 0. The van der Waals surface area contributed by atoms with Gasteiger partial charge in [-0.25, -0.2) is 9.97 Å². The van der Waals surface area contributed by atoms with Gasteiger partial charge in [0.05, 0.1) is 38.5 Å². The molecule has 0 bridgehead atoms. The minimum absolute atomic E-state index is 0.0991. The van der Waals surface area contributed by atoms with Crippen LogP contribution in [0.5, 0.6) is 5.75 Å². The van der Waals surface area contributed by atoms with Crippen LogP contribution in [0.3, 0.4) is 0 Å². The number of hydrogen-bond acceptors (Lipinski definition) is 4. The van der Waals surface area contributed by atoms with Crippen molar-refractivity contribution in [2.24, 2.45) is 0 Å². The van der Waals surface area contributed by atoms with Gasteiger partial charge in [0.2, 0.25) is 0 Å². The Labute approximate surface area is 137 Å². The molecule has 0 radical (unpaired) electrons. The zero-order valence-electron chi connectivity index (χ0n) is 12.0. The number of nitrogens with one attached hydrogen (secondary N) is 1. The number of rotatable bonds is 2. The first-order valence-corrected chi connectivity index (χ1v) is 7.49. The molecule has 4 rings (SSSR count). The third-order valence-electron chi connectivity index (χ3n) is 3.60. The van der Waals surface area contributed by atoms with Crippen molar-refractivity contribution in [3.63, 3.8) is 0 Å². The number of fused-ring (bicyclic) bond motifs is 2. The summed E-state index contributed by atoms with van der Waals surface area (Å²) in [5, 5.41) is 14.0. The number of nitrogens with zero attached hydrogens (tertiary/aromatic N) is 2. The number of anilines is 2. The Morgan fingerprint density at radius 3 is 2.04 bits per heavy atom. The van der Waals surface area contributed by atoms with Gasteiger partial charge in [0.25, 0.3) is 0 Å². The molecule has 3 aromatic carbocycles. The summed E-state index contributed by atoms with van der Waals surface area (Å²) in [5.74, 6) is 0.0991. The summed E-state index contributed by atoms with van der Waals surface area (Å²) in [6.07, 6.45) is 0. The SMILES string of the molecule is Oc1cc2nc3ccccc3nc2cc1Nc1ccccc1Cl. The molecule has 0 aliphatic heterocycles. The van der Waals surface area contributed by atoms with Crippen LogP contribution < -0.4 is 5.32 Å². The van der Waals surface area contributed by atoms with Gasteiger partial charge in [-0.15, -0.1) is 0 Å². The molecule has 4 nitrogen and oxygen atoms in total. The van der Waals surface area contributed by atoms with Gasteiger partial charge in [-0.3, -0.25) is 0 Å². The fraction of sp³-hybridized carbons (Fsp3) is 0. The highest BCUT2D eigenvalue weighted by Gasteiger charge is 2.09. The van der Waals surface area contributed by atoms with Crippen LogP contribution in [0, 0.1) is 0 Å². The lowest BCUT2D eigenvalue weighted by Crippen LogP contribution is -1.94. The highest BCUT2D eigenvalue weighted by molar-refractivity contribution is 6.33. The van der Waals surface area contributed by atoms with Gasteiger partial charge in [-0.2, -0.15) is 0 Å². The van der Waals surface area contributed by atoms with Crippen molar-refractivity contribution in [3.8, 4) is 5.75 Å². The van der Waals surface area contributed by atoms with E-state index in [9.17, 15) is 5.11 Å². The van der Waals surface area contributed by atoms with E-state index in [1.165, 1.54) is 0 Å². The second-order valence-corrected chi connectivity index (χ2v) is 5.58. The lowest BCUT2D eigenvalue weighted by molar-refractivity contribution is 0.478. The van der Waals surface area contributed by atoms with Gasteiger partial charge in [-0.1, -0.05) is 35.9 Å². The van der Waals surface area contributed by atoms with Gasteiger partial charge in [0.1, 0.15) is 5.75 Å². The molecule has 0 spiro atoms. The van der Waals surface area contributed by atoms with Crippen LogP contribution in [0.15, 0.2) is 60.7 Å². The normalized spacial score (nSPS) is 11.0. The lowest BCUT2D eigenvalue weighted by Gasteiger charge is -2.11. The van der Waals surface area contributed by atoms with E-state index in [1.807, 2.05) is 42.5 Å². The molecule has 0 unspecified atom stereocenters. The second-order valence-electron chi connectivity index (χ2n) is 5.18. The van der Waals surface area contributed by atoms with Crippen LogP contribution in [0.4, 0.5) is 11.4 Å². The van der Waals surface area contributed by atoms with E-state index in [0.29, 0.717) is 21.7 Å². The first-order chi connectivity index (χ1) is 11.2. The van der Waals surface area contributed by atoms with Crippen molar-refractivity contribution >= 4 is 45.0 Å². The average molecular weight is 322 g/mol. The maximum absolute atomic E-state index is 10.3. The third-order valence-corrected chi connectivity index (χ3v) is 3.93. The predicted octanol–water partition coefficient (Wildman–Crippen LogP) is 4.89. The van der Waals surface area contributed by atoms with E-state index in [2.05, 4.69) is 15.3 Å². The highest BCUT2D eigenvalue weighted by Crippen LogP contribution is 2.33. The number of para-hydroxylation sites is 3. The zero-order chi connectivity index (χ0) is 15.8. The molecule has 1 aromatic heterocycles. The average Bonchev–Trinajstić information content (AvgIpc) is 2.56. The molecule has 0 atom stereocenters. The maximum Gasteiger partial charge on any atom is 0.141 e. The predicted molar refractivity (Wildman–Crippen MR) is 93.4 cm³/mol. The van der Waals surface area contributed by atoms with Crippen molar-refractivity contribution in [2.75, 3.05) is 5.32 Å². The van der Waals surface area contributed by atoms with Crippen molar-refractivity contribution in [1.29, 1.82) is 0 Å². The molecule has 0 aliphatic rings. The van der Waals surface area contributed by atoms with Gasteiger partial charge in [0, 0.05) is 6.07 Å². The Bertz CT molecular complexity index is 1030. The number of phenols is 1. The second kappa shape index (κ2) is 5.41. The summed E-state index contributed by atoms with van der Waals surface area (Å²) in [6, 6.07) is 18.4. The fourth-order valence-electron chi connectivity index (χ4n) is 2.47. The Hall–Kier alpha value is -2.85. The fourth-order valence-corrected chi connectivity index (χ4v) is 2.65. The molecule has 112 valence electrons. The van der Waals surface area contributed by atoms with Crippen molar-refractivity contribution in [1.82, 2.24) is 9.97 Å². The minimum atomic E-state index is 0.0991. The van der Waals surface area contributed by atoms with E-state index in [-0.39, 0.29) is 5.75 Å². The summed E-state index contributed by atoms with van der Waals surface area (Å²) in [5.41, 5.74) is 4.22. The number of aromatic hydroxyl groups is 1. The summed E-state index contributed by atoms with van der Waals surface area (Å²) in [7, 11) is 0. The first kappa shape index (κ1) is 13.8. The van der Waals surface area contributed by atoms with Gasteiger partial charge >= 0.3 is 0 Å². The molecular weight excluding hydrogens is 310 g/mol. The molecule has 5 heteroatoms. The molecule has 23 heavy (non-hydrogen) atoms. The molecular formula is C18H12ClN3O. The molecule has 0 saturated heterocycles. The maximum atomic E-state index is 10.3. The number of benzene rings is 3. The van der Waals surface area contributed by atoms with Crippen molar-refractivity contribution in [2.45, 2.75) is 0 Å². The van der Waals surface area contributed by atoms with Crippen molar-refractivity contribution < 1.29 is 5.11 Å². The molecule has 0 saturated carbocycles. The summed E-state index contributed by atoms with van der Waals surface area (Å²) < 4.78 is 0. The Balaban J connectivity index is 1.85. The van der Waals surface area contributed by atoms with Crippen LogP contribution >= 0.6 is 11.6 Å². The number of phenolic OH excluding ortho intramolecular Hbond substituents is 1.